The van der Waals surface area contributed by atoms with Gasteiger partial charge >= 0.3 is 0 Å². The maximum Gasteiger partial charge on any atom is 0.0357 e. The summed E-state index contributed by atoms with van der Waals surface area (Å²) in [5.74, 6) is 0. The Hall–Kier alpha value is -1.02. The lowest BCUT2D eigenvalue weighted by molar-refractivity contribution is 0.417. The summed E-state index contributed by atoms with van der Waals surface area (Å²) in [4.78, 5) is 2.03. The van der Waals surface area contributed by atoms with E-state index in [1.165, 1.54) is 0 Å². The molecule has 0 rings (SSSR count). The lowest BCUT2D eigenvalue weighted by atomic mass is 10.3. The van der Waals surface area contributed by atoms with Crippen LogP contribution < -0.4 is 5.73 Å². The second-order valence-electron chi connectivity index (χ2n) is 2.25. The Kier molecular flexibility index (Phi) is 5.21. The Labute approximate surface area is 68.7 Å². The predicted octanol–water partition coefficient (Wildman–Crippen LogP) is 1.13. The predicted molar refractivity (Wildman–Crippen MR) is 50.2 cm³/mol. The molecule has 0 heterocycles. The summed E-state index contributed by atoms with van der Waals surface area (Å²) in [7, 11) is 0. The van der Waals surface area contributed by atoms with Gasteiger partial charge in [-0.05, 0) is 0 Å². The second-order valence-corrected chi connectivity index (χ2v) is 2.25. The van der Waals surface area contributed by atoms with Gasteiger partial charge in [0.25, 0.3) is 0 Å². The number of nitrogens with zero attached hydrogens (tertiary/aromatic N) is 1. The van der Waals surface area contributed by atoms with E-state index in [4.69, 9.17) is 5.73 Å². The molecule has 11 heavy (non-hydrogen) atoms. The van der Waals surface area contributed by atoms with Crippen molar-refractivity contribution in [2.75, 3.05) is 19.6 Å². The highest BCUT2D eigenvalue weighted by Crippen LogP contribution is 1.98. The summed E-state index contributed by atoms with van der Waals surface area (Å²) in [6.45, 7) is 13.1. The van der Waals surface area contributed by atoms with Crippen LogP contribution in [-0.4, -0.2) is 24.5 Å². The molecule has 0 aromatic carbocycles. The Bertz CT molecular complexity index is 140. The molecule has 0 bridgehead atoms. The van der Waals surface area contributed by atoms with Crippen LogP contribution in [0.2, 0.25) is 0 Å². The van der Waals surface area contributed by atoms with E-state index in [1.807, 2.05) is 17.1 Å². The molecular weight excluding hydrogens is 136 g/mol. The molecule has 2 nitrogen and oxygen atoms in total. The summed E-state index contributed by atoms with van der Waals surface area (Å²) in [5.41, 5.74) is 6.34. The van der Waals surface area contributed by atoms with E-state index in [0.717, 1.165) is 18.8 Å². The van der Waals surface area contributed by atoms with E-state index in [1.54, 1.807) is 0 Å². The minimum absolute atomic E-state index is 0.488. The summed E-state index contributed by atoms with van der Waals surface area (Å²) in [5, 5.41) is 0. The Morgan fingerprint density at radius 1 is 1.27 bits per heavy atom. The van der Waals surface area contributed by atoms with Crippen LogP contribution in [-0.2, 0) is 0 Å². The normalized spacial score (nSPS) is 8.82. The van der Waals surface area contributed by atoms with E-state index < -0.39 is 0 Å². The highest BCUT2D eigenvalue weighted by Gasteiger charge is 1.99. The van der Waals surface area contributed by atoms with Crippen LogP contribution in [0.3, 0.4) is 0 Å². The molecule has 62 valence electrons. The van der Waals surface area contributed by atoms with Crippen molar-refractivity contribution >= 4 is 0 Å². The van der Waals surface area contributed by atoms with Crippen molar-refractivity contribution in [2.24, 2.45) is 5.73 Å². The second kappa shape index (κ2) is 5.74. The fraction of sp³-hybridized carbons (Fsp3) is 0.333. The van der Waals surface area contributed by atoms with Gasteiger partial charge in [0.2, 0.25) is 0 Å². The number of rotatable bonds is 6. The average molecular weight is 152 g/mol. The molecule has 0 aliphatic rings. The standard InChI is InChI=1S/C9H16N2/c1-4-6-11(7-5-2)9(3)8-10/h4-5H,1-3,6-8,10H2. The van der Waals surface area contributed by atoms with E-state index >= 15 is 0 Å². The van der Waals surface area contributed by atoms with Crippen LogP contribution in [0.1, 0.15) is 0 Å². The number of hydrogen-bond acceptors (Lipinski definition) is 2. The molecule has 0 aliphatic carbocycles. The van der Waals surface area contributed by atoms with Gasteiger partial charge < -0.3 is 10.6 Å². The van der Waals surface area contributed by atoms with Crippen molar-refractivity contribution in [3.05, 3.63) is 37.6 Å². The molecule has 0 atom stereocenters. The molecule has 0 fully saturated rings. The fourth-order valence-electron chi connectivity index (χ4n) is 0.774. The zero-order chi connectivity index (χ0) is 8.69. The van der Waals surface area contributed by atoms with Crippen LogP contribution in [0, 0.1) is 0 Å². The molecule has 0 saturated heterocycles. The monoisotopic (exact) mass is 152 g/mol. The first-order valence-electron chi connectivity index (χ1n) is 3.60. The van der Waals surface area contributed by atoms with E-state index in [2.05, 4.69) is 19.7 Å². The average Bonchev–Trinajstić information content (AvgIpc) is 2.03. The summed E-state index contributed by atoms with van der Waals surface area (Å²) < 4.78 is 0. The van der Waals surface area contributed by atoms with Crippen LogP contribution in [0.4, 0.5) is 0 Å². The molecule has 0 saturated carbocycles. The minimum Gasteiger partial charge on any atom is -0.367 e. The Balaban J connectivity index is 3.95. The number of nitrogens with two attached hydrogens (primary N) is 1. The van der Waals surface area contributed by atoms with Crippen molar-refractivity contribution in [3.8, 4) is 0 Å². The largest absolute Gasteiger partial charge is 0.367 e. The van der Waals surface area contributed by atoms with Crippen molar-refractivity contribution < 1.29 is 0 Å². The van der Waals surface area contributed by atoms with Gasteiger partial charge in [-0.15, -0.1) is 13.2 Å². The van der Waals surface area contributed by atoms with Gasteiger partial charge in [-0.2, -0.15) is 0 Å². The number of hydrogen-bond donors (Lipinski definition) is 1. The highest BCUT2D eigenvalue weighted by molar-refractivity contribution is 4.99. The van der Waals surface area contributed by atoms with Gasteiger partial charge in [-0.25, -0.2) is 0 Å². The SMILES string of the molecule is C=CCN(CC=C)C(=C)CN. The molecule has 0 aliphatic heterocycles. The highest BCUT2D eigenvalue weighted by atomic mass is 15.1. The van der Waals surface area contributed by atoms with Gasteiger partial charge in [0, 0.05) is 25.3 Å². The fourth-order valence-corrected chi connectivity index (χ4v) is 0.774. The van der Waals surface area contributed by atoms with Gasteiger partial charge in [0.1, 0.15) is 0 Å². The zero-order valence-corrected chi connectivity index (χ0v) is 6.92. The van der Waals surface area contributed by atoms with Crippen molar-refractivity contribution in [1.82, 2.24) is 4.90 Å². The van der Waals surface area contributed by atoms with E-state index in [9.17, 15) is 0 Å². The molecule has 0 spiro atoms. The van der Waals surface area contributed by atoms with Crippen molar-refractivity contribution in [1.29, 1.82) is 0 Å². The molecule has 0 radical (unpaired) electrons. The third-order valence-electron chi connectivity index (χ3n) is 1.38. The smallest absolute Gasteiger partial charge is 0.0357 e. The van der Waals surface area contributed by atoms with Crippen LogP contribution in [0.5, 0.6) is 0 Å². The van der Waals surface area contributed by atoms with E-state index in [-0.39, 0.29) is 0 Å². The van der Waals surface area contributed by atoms with Gasteiger partial charge in [-0.1, -0.05) is 18.7 Å². The van der Waals surface area contributed by atoms with Gasteiger partial charge in [-0.3, -0.25) is 0 Å². The first kappa shape index (κ1) is 9.98. The van der Waals surface area contributed by atoms with Gasteiger partial charge in [0.05, 0.1) is 0 Å². The molecule has 0 unspecified atom stereocenters. The van der Waals surface area contributed by atoms with Gasteiger partial charge in [0.15, 0.2) is 0 Å². The topological polar surface area (TPSA) is 29.3 Å². The summed E-state index contributed by atoms with van der Waals surface area (Å²) in [6.07, 6.45) is 3.65. The van der Waals surface area contributed by atoms with E-state index in [0.29, 0.717) is 6.54 Å². The van der Waals surface area contributed by atoms with Crippen LogP contribution >= 0.6 is 0 Å². The molecular formula is C9H16N2. The minimum atomic E-state index is 0.488. The molecule has 0 aromatic heterocycles. The summed E-state index contributed by atoms with van der Waals surface area (Å²) in [6, 6.07) is 0. The molecule has 2 N–H and O–H groups in total. The first-order chi connectivity index (χ1) is 5.26. The zero-order valence-electron chi connectivity index (χ0n) is 6.92. The maximum absolute atomic E-state index is 5.42. The lowest BCUT2D eigenvalue weighted by Crippen LogP contribution is -2.26. The first-order valence-corrected chi connectivity index (χ1v) is 3.60. The van der Waals surface area contributed by atoms with Crippen molar-refractivity contribution in [2.45, 2.75) is 0 Å². The molecule has 0 amide bonds. The maximum atomic E-state index is 5.42. The van der Waals surface area contributed by atoms with Crippen molar-refractivity contribution in [3.63, 3.8) is 0 Å². The molecule has 0 aromatic rings. The Morgan fingerprint density at radius 3 is 2.00 bits per heavy atom. The van der Waals surface area contributed by atoms with Crippen LogP contribution in [0.25, 0.3) is 0 Å². The quantitative estimate of drug-likeness (QED) is 0.578. The third kappa shape index (κ3) is 3.63. The summed E-state index contributed by atoms with van der Waals surface area (Å²) >= 11 is 0. The Morgan fingerprint density at radius 2 is 1.73 bits per heavy atom. The third-order valence-corrected chi connectivity index (χ3v) is 1.38. The molecule has 2 heteroatoms. The lowest BCUT2D eigenvalue weighted by Gasteiger charge is -2.22. The van der Waals surface area contributed by atoms with Crippen LogP contribution in [0.15, 0.2) is 37.6 Å².